The summed E-state index contributed by atoms with van der Waals surface area (Å²) in [5.74, 6) is 1.89. The number of benzene rings is 1. The van der Waals surface area contributed by atoms with Gasteiger partial charge in [-0.25, -0.2) is 0 Å². The Balaban J connectivity index is 0.00000320. The fourth-order valence-electron chi connectivity index (χ4n) is 3.16. The van der Waals surface area contributed by atoms with E-state index in [1.165, 1.54) is 0 Å². The average molecular weight is 549 g/mol. The lowest BCUT2D eigenvalue weighted by Crippen LogP contribution is -2.56. The smallest absolute Gasteiger partial charge is 0.228 e. The lowest BCUT2D eigenvalue weighted by Gasteiger charge is -2.41. The van der Waals surface area contributed by atoms with Crippen molar-refractivity contribution in [2.24, 2.45) is 4.99 Å². The van der Waals surface area contributed by atoms with Gasteiger partial charge in [0.2, 0.25) is 11.7 Å². The molecule has 0 spiro atoms. The van der Waals surface area contributed by atoms with Gasteiger partial charge < -0.3 is 19.9 Å². The Morgan fingerprint density at radius 3 is 2.57 bits per heavy atom. The minimum atomic E-state index is 0. The van der Waals surface area contributed by atoms with Gasteiger partial charge in [0, 0.05) is 55.8 Å². The minimum Gasteiger partial charge on any atom is -0.379 e. The standard InChI is InChI=1S/C20H29ClN6O2.HI/c1-20(2,27-10-12-28-13-11-27)14-24-19(22-3)23-9-8-17-25-18(26-29-17)15-4-6-16(21)7-5-15;/h4-7H,8-14H2,1-3H3,(H2,22,23,24);1H. The summed E-state index contributed by atoms with van der Waals surface area (Å²) >= 11 is 5.92. The monoisotopic (exact) mass is 548 g/mol. The van der Waals surface area contributed by atoms with Gasteiger partial charge >= 0.3 is 0 Å². The van der Waals surface area contributed by atoms with E-state index in [0.717, 1.165) is 44.4 Å². The molecule has 166 valence electrons. The van der Waals surface area contributed by atoms with Gasteiger partial charge in [-0.1, -0.05) is 16.8 Å². The third-order valence-corrected chi connectivity index (χ3v) is 5.23. The summed E-state index contributed by atoms with van der Waals surface area (Å²) in [5.41, 5.74) is 0.890. The molecular formula is C20H30ClIN6O2. The topological polar surface area (TPSA) is 87.8 Å². The van der Waals surface area contributed by atoms with Crippen LogP contribution in [0.4, 0.5) is 0 Å². The largest absolute Gasteiger partial charge is 0.379 e. The van der Waals surface area contributed by atoms with Crippen LogP contribution >= 0.6 is 35.6 Å². The van der Waals surface area contributed by atoms with Gasteiger partial charge in [0.05, 0.1) is 13.2 Å². The van der Waals surface area contributed by atoms with Crippen LogP contribution in [0.25, 0.3) is 11.4 Å². The second kappa shape index (κ2) is 11.8. The fourth-order valence-corrected chi connectivity index (χ4v) is 3.29. The molecule has 0 unspecified atom stereocenters. The average Bonchev–Trinajstić information content (AvgIpc) is 3.20. The first-order valence-electron chi connectivity index (χ1n) is 9.84. The van der Waals surface area contributed by atoms with E-state index < -0.39 is 0 Å². The molecule has 0 bridgehead atoms. The lowest BCUT2D eigenvalue weighted by molar-refractivity contribution is -0.00833. The van der Waals surface area contributed by atoms with Crippen LogP contribution in [0.15, 0.2) is 33.8 Å². The Morgan fingerprint density at radius 1 is 1.20 bits per heavy atom. The van der Waals surface area contributed by atoms with Crippen molar-refractivity contribution in [2.45, 2.75) is 25.8 Å². The van der Waals surface area contributed by atoms with Crippen LogP contribution in [0.5, 0.6) is 0 Å². The van der Waals surface area contributed by atoms with Crippen LogP contribution in [0.1, 0.15) is 19.7 Å². The van der Waals surface area contributed by atoms with E-state index in [1.807, 2.05) is 24.3 Å². The first-order chi connectivity index (χ1) is 14.0. The maximum absolute atomic E-state index is 5.92. The zero-order valence-electron chi connectivity index (χ0n) is 17.7. The van der Waals surface area contributed by atoms with E-state index in [9.17, 15) is 0 Å². The van der Waals surface area contributed by atoms with Gasteiger partial charge in [0.15, 0.2) is 5.96 Å². The molecule has 3 rings (SSSR count). The predicted octanol–water partition coefficient (Wildman–Crippen LogP) is 2.83. The van der Waals surface area contributed by atoms with Crippen LogP contribution in [0.3, 0.4) is 0 Å². The predicted molar refractivity (Wildman–Crippen MR) is 130 cm³/mol. The molecule has 0 amide bonds. The van der Waals surface area contributed by atoms with E-state index in [-0.39, 0.29) is 29.5 Å². The number of rotatable bonds is 7. The zero-order chi connectivity index (χ0) is 20.7. The van der Waals surface area contributed by atoms with Crippen LogP contribution < -0.4 is 10.6 Å². The molecule has 1 saturated heterocycles. The highest BCUT2D eigenvalue weighted by Crippen LogP contribution is 2.18. The molecular weight excluding hydrogens is 519 g/mol. The van der Waals surface area contributed by atoms with Gasteiger partial charge in [-0.05, 0) is 38.1 Å². The molecule has 1 aliphatic rings. The molecule has 1 fully saturated rings. The number of morpholine rings is 1. The van der Waals surface area contributed by atoms with Gasteiger partial charge in [0.1, 0.15) is 0 Å². The summed E-state index contributed by atoms with van der Waals surface area (Å²) in [4.78, 5) is 11.2. The maximum Gasteiger partial charge on any atom is 0.228 e. The van der Waals surface area contributed by atoms with Gasteiger partial charge in [-0.15, -0.1) is 24.0 Å². The molecule has 1 aliphatic heterocycles. The van der Waals surface area contributed by atoms with Crippen molar-refractivity contribution in [3.63, 3.8) is 0 Å². The third-order valence-electron chi connectivity index (χ3n) is 4.98. The molecule has 30 heavy (non-hydrogen) atoms. The van der Waals surface area contributed by atoms with Gasteiger partial charge in [-0.3, -0.25) is 9.89 Å². The Bertz CT molecular complexity index is 806. The van der Waals surface area contributed by atoms with Crippen molar-refractivity contribution in [1.29, 1.82) is 0 Å². The molecule has 0 aliphatic carbocycles. The highest BCUT2D eigenvalue weighted by atomic mass is 127. The van der Waals surface area contributed by atoms with Crippen molar-refractivity contribution in [1.82, 2.24) is 25.7 Å². The van der Waals surface area contributed by atoms with Crippen LogP contribution in [-0.2, 0) is 11.2 Å². The Morgan fingerprint density at radius 2 is 1.90 bits per heavy atom. The molecule has 0 saturated carbocycles. The van der Waals surface area contributed by atoms with E-state index in [2.05, 4.69) is 44.5 Å². The first kappa shape index (κ1) is 24.8. The van der Waals surface area contributed by atoms with Crippen molar-refractivity contribution < 1.29 is 9.26 Å². The molecule has 1 aromatic carbocycles. The van der Waals surface area contributed by atoms with Gasteiger partial charge in [0.25, 0.3) is 0 Å². The maximum atomic E-state index is 5.92. The SMILES string of the molecule is CN=C(NCCc1nc(-c2ccc(Cl)cc2)no1)NCC(C)(C)N1CCOCC1.I. The van der Waals surface area contributed by atoms with E-state index >= 15 is 0 Å². The minimum absolute atomic E-state index is 0. The molecule has 0 atom stereocenters. The highest BCUT2D eigenvalue weighted by Gasteiger charge is 2.28. The number of hydrogen-bond acceptors (Lipinski definition) is 6. The number of halogens is 2. The first-order valence-corrected chi connectivity index (χ1v) is 10.2. The fraction of sp³-hybridized carbons (Fsp3) is 0.550. The summed E-state index contributed by atoms with van der Waals surface area (Å²) in [7, 11) is 1.77. The number of aliphatic imine (C=N–C) groups is 1. The van der Waals surface area contributed by atoms with Crippen molar-refractivity contribution in [2.75, 3.05) is 46.4 Å². The number of guanidine groups is 1. The summed E-state index contributed by atoms with van der Waals surface area (Å²) in [6.07, 6.45) is 0.605. The zero-order valence-corrected chi connectivity index (χ0v) is 20.7. The Labute approximate surface area is 199 Å². The molecule has 2 aromatic rings. The van der Waals surface area contributed by atoms with Crippen molar-refractivity contribution in [3.05, 3.63) is 35.2 Å². The number of nitrogens with one attached hydrogen (secondary N) is 2. The van der Waals surface area contributed by atoms with Gasteiger partial charge in [-0.2, -0.15) is 4.98 Å². The second-order valence-corrected chi connectivity index (χ2v) is 7.97. The van der Waals surface area contributed by atoms with E-state index in [0.29, 0.717) is 29.7 Å². The van der Waals surface area contributed by atoms with E-state index in [1.54, 1.807) is 7.05 Å². The van der Waals surface area contributed by atoms with Crippen LogP contribution in [0.2, 0.25) is 5.02 Å². The summed E-state index contributed by atoms with van der Waals surface area (Å²) in [6, 6.07) is 7.36. The van der Waals surface area contributed by atoms with Crippen molar-refractivity contribution >= 4 is 41.5 Å². The number of nitrogens with zero attached hydrogens (tertiary/aromatic N) is 4. The Kier molecular flexibility index (Phi) is 9.79. The number of ether oxygens (including phenoxy) is 1. The lowest BCUT2D eigenvalue weighted by atomic mass is 10.0. The van der Waals surface area contributed by atoms with E-state index in [4.69, 9.17) is 20.9 Å². The Hall–Kier alpha value is -1.43. The summed E-state index contributed by atoms with van der Waals surface area (Å²) in [6.45, 7) is 9.37. The third kappa shape index (κ3) is 7.07. The molecule has 8 nitrogen and oxygen atoms in total. The van der Waals surface area contributed by atoms with Crippen LogP contribution in [0, 0.1) is 0 Å². The summed E-state index contributed by atoms with van der Waals surface area (Å²) in [5, 5.41) is 11.4. The molecule has 2 N–H and O–H groups in total. The molecule has 1 aromatic heterocycles. The second-order valence-electron chi connectivity index (χ2n) is 7.53. The van der Waals surface area contributed by atoms with Crippen LogP contribution in [-0.4, -0.2) is 73.0 Å². The molecule has 2 heterocycles. The summed E-state index contributed by atoms with van der Waals surface area (Å²) < 4.78 is 10.8. The molecule has 0 radical (unpaired) electrons. The van der Waals surface area contributed by atoms with Crippen molar-refractivity contribution in [3.8, 4) is 11.4 Å². The highest BCUT2D eigenvalue weighted by molar-refractivity contribution is 14.0. The number of hydrogen-bond donors (Lipinski definition) is 2. The quantitative estimate of drug-likeness (QED) is 0.313. The molecule has 10 heteroatoms. The normalized spacial score (nSPS) is 15.5. The number of aromatic nitrogens is 2.